The fourth-order valence-corrected chi connectivity index (χ4v) is 0.931. The minimum Gasteiger partial charge on any atom is -0.497 e. The Bertz CT molecular complexity index is 331. The molecule has 0 saturated carbocycles. The first kappa shape index (κ1) is 9.32. The third-order valence-corrected chi connectivity index (χ3v) is 1.55. The molecule has 0 heterocycles. The summed E-state index contributed by atoms with van der Waals surface area (Å²) in [5.74, 6) is 0.841. The average molecular weight is 176 g/mol. The molecule has 3 heteroatoms. The summed E-state index contributed by atoms with van der Waals surface area (Å²) in [4.78, 5) is 0. The first-order chi connectivity index (χ1) is 6.22. The zero-order valence-corrected chi connectivity index (χ0v) is 7.45. The molecule has 0 aliphatic carbocycles. The van der Waals surface area contributed by atoms with Crippen LogP contribution in [0.25, 0.3) is 6.08 Å². The van der Waals surface area contributed by atoms with Gasteiger partial charge in [-0.15, -0.1) is 0 Å². The molecule has 0 aliphatic heterocycles. The Morgan fingerprint density at radius 3 is 2.92 bits per heavy atom. The molecule has 3 nitrogen and oxygen atoms in total. The van der Waals surface area contributed by atoms with Gasteiger partial charge in [-0.2, -0.15) is 0 Å². The largest absolute Gasteiger partial charge is 0.497 e. The number of hydrogen-bond acceptors (Lipinski definition) is 2. The zero-order valence-electron chi connectivity index (χ0n) is 7.45. The number of benzene rings is 1. The van der Waals surface area contributed by atoms with E-state index in [0.717, 1.165) is 11.3 Å². The average Bonchev–Trinajstić information content (AvgIpc) is 2.15. The Morgan fingerprint density at radius 1 is 1.54 bits per heavy atom. The standard InChI is InChI=1S/C10H12N2O/c1-13-9-4-2-3-8(7-9)5-6-10(11)12/h2-7H,1H3,(H3,11,12)/b6-5+. The van der Waals surface area contributed by atoms with Crippen molar-refractivity contribution in [3.05, 3.63) is 35.9 Å². The SMILES string of the molecule is COc1cccc(/C=C/C(=N)N)c1. The second kappa shape index (κ2) is 4.30. The van der Waals surface area contributed by atoms with E-state index in [0.29, 0.717) is 0 Å². The van der Waals surface area contributed by atoms with E-state index >= 15 is 0 Å². The Balaban J connectivity index is 2.83. The van der Waals surface area contributed by atoms with Crippen molar-refractivity contribution in [3.63, 3.8) is 0 Å². The van der Waals surface area contributed by atoms with Crippen LogP contribution >= 0.6 is 0 Å². The molecule has 0 saturated heterocycles. The van der Waals surface area contributed by atoms with E-state index in [9.17, 15) is 0 Å². The van der Waals surface area contributed by atoms with Gasteiger partial charge in [-0.1, -0.05) is 18.2 Å². The molecule has 1 rings (SSSR count). The molecular weight excluding hydrogens is 164 g/mol. The van der Waals surface area contributed by atoms with Gasteiger partial charge >= 0.3 is 0 Å². The van der Waals surface area contributed by atoms with Gasteiger partial charge < -0.3 is 10.5 Å². The highest BCUT2D eigenvalue weighted by Crippen LogP contribution is 2.13. The van der Waals surface area contributed by atoms with Crippen molar-refractivity contribution in [2.45, 2.75) is 0 Å². The number of methoxy groups -OCH3 is 1. The molecule has 1 aromatic carbocycles. The number of ether oxygens (including phenoxy) is 1. The molecule has 0 atom stereocenters. The third-order valence-electron chi connectivity index (χ3n) is 1.55. The molecule has 0 bridgehead atoms. The van der Waals surface area contributed by atoms with E-state index in [4.69, 9.17) is 15.9 Å². The molecule has 3 N–H and O–H groups in total. The molecule has 0 radical (unpaired) electrons. The molecule has 68 valence electrons. The first-order valence-corrected chi connectivity index (χ1v) is 3.88. The number of rotatable bonds is 3. The van der Waals surface area contributed by atoms with Gasteiger partial charge in [-0.3, -0.25) is 5.41 Å². The molecule has 0 amide bonds. The topological polar surface area (TPSA) is 59.1 Å². The van der Waals surface area contributed by atoms with Crippen LogP contribution in [-0.4, -0.2) is 12.9 Å². The summed E-state index contributed by atoms with van der Waals surface area (Å²) in [6.45, 7) is 0. The summed E-state index contributed by atoms with van der Waals surface area (Å²) in [7, 11) is 1.62. The van der Waals surface area contributed by atoms with Crippen LogP contribution in [-0.2, 0) is 0 Å². The van der Waals surface area contributed by atoms with Crippen molar-refractivity contribution in [1.29, 1.82) is 5.41 Å². The number of nitrogens with one attached hydrogen (secondary N) is 1. The van der Waals surface area contributed by atoms with Crippen LogP contribution in [0, 0.1) is 5.41 Å². The second-order valence-electron chi connectivity index (χ2n) is 2.57. The van der Waals surface area contributed by atoms with Crippen LogP contribution in [0.3, 0.4) is 0 Å². The van der Waals surface area contributed by atoms with Crippen LogP contribution in [0.1, 0.15) is 5.56 Å². The van der Waals surface area contributed by atoms with E-state index in [-0.39, 0.29) is 5.84 Å². The van der Waals surface area contributed by atoms with Crippen LogP contribution in [0.15, 0.2) is 30.3 Å². The second-order valence-corrected chi connectivity index (χ2v) is 2.57. The summed E-state index contributed by atoms with van der Waals surface area (Å²) in [6, 6.07) is 7.55. The lowest BCUT2D eigenvalue weighted by atomic mass is 10.2. The first-order valence-electron chi connectivity index (χ1n) is 3.88. The maximum absolute atomic E-state index is 7.00. The molecule has 0 spiro atoms. The van der Waals surface area contributed by atoms with Gasteiger partial charge in [0.1, 0.15) is 11.6 Å². The highest BCUT2D eigenvalue weighted by molar-refractivity contribution is 5.92. The Labute approximate surface area is 77.3 Å². The van der Waals surface area contributed by atoms with E-state index < -0.39 is 0 Å². The molecule has 13 heavy (non-hydrogen) atoms. The lowest BCUT2D eigenvalue weighted by molar-refractivity contribution is 0.414. The summed E-state index contributed by atoms with van der Waals surface area (Å²) >= 11 is 0. The van der Waals surface area contributed by atoms with Gasteiger partial charge in [0.2, 0.25) is 0 Å². The van der Waals surface area contributed by atoms with Gasteiger partial charge in [0.15, 0.2) is 0 Å². The minimum absolute atomic E-state index is 0.0443. The van der Waals surface area contributed by atoms with E-state index in [1.54, 1.807) is 13.2 Å². The molecule has 0 fully saturated rings. The maximum atomic E-state index is 7.00. The number of hydrogen-bond donors (Lipinski definition) is 2. The highest BCUT2D eigenvalue weighted by Gasteiger charge is 1.90. The van der Waals surface area contributed by atoms with Crippen LogP contribution in [0.5, 0.6) is 5.75 Å². The fraction of sp³-hybridized carbons (Fsp3) is 0.100. The Hall–Kier alpha value is -1.77. The molecule has 0 unspecified atom stereocenters. The number of amidine groups is 1. The van der Waals surface area contributed by atoms with Crippen molar-refractivity contribution in [2.24, 2.45) is 5.73 Å². The van der Waals surface area contributed by atoms with Crippen molar-refractivity contribution < 1.29 is 4.74 Å². The third kappa shape index (κ3) is 2.99. The minimum atomic E-state index is 0.0443. The zero-order chi connectivity index (χ0) is 9.68. The van der Waals surface area contributed by atoms with Gasteiger partial charge in [0, 0.05) is 0 Å². The summed E-state index contributed by atoms with van der Waals surface area (Å²) < 4.78 is 5.04. The van der Waals surface area contributed by atoms with Gasteiger partial charge in [0.05, 0.1) is 7.11 Å². The highest BCUT2D eigenvalue weighted by atomic mass is 16.5. The van der Waals surface area contributed by atoms with Crippen LogP contribution in [0.2, 0.25) is 0 Å². The fourth-order valence-electron chi connectivity index (χ4n) is 0.931. The van der Waals surface area contributed by atoms with Crippen molar-refractivity contribution in [1.82, 2.24) is 0 Å². The predicted octanol–water partition coefficient (Wildman–Crippen LogP) is 1.64. The molecule has 0 aliphatic rings. The maximum Gasteiger partial charge on any atom is 0.119 e. The Kier molecular flexibility index (Phi) is 3.09. The lowest BCUT2D eigenvalue weighted by Crippen LogP contribution is -2.03. The predicted molar refractivity (Wildman–Crippen MR) is 53.9 cm³/mol. The van der Waals surface area contributed by atoms with Crippen LogP contribution < -0.4 is 10.5 Å². The van der Waals surface area contributed by atoms with Crippen LogP contribution in [0.4, 0.5) is 0 Å². The summed E-state index contributed by atoms with van der Waals surface area (Å²) in [6.07, 6.45) is 3.31. The monoisotopic (exact) mass is 176 g/mol. The van der Waals surface area contributed by atoms with Crippen molar-refractivity contribution in [3.8, 4) is 5.75 Å². The molecule has 0 aromatic heterocycles. The molecule has 1 aromatic rings. The summed E-state index contributed by atoms with van der Waals surface area (Å²) in [5, 5.41) is 7.00. The van der Waals surface area contributed by atoms with Gasteiger partial charge in [-0.05, 0) is 23.8 Å². The summed E-state index contributed by atoms with van der Waals surface area (Å²) in [5.41, 5.74) is 6.14. The van der Waals surface area contributed by atoms with E-state index in [1.165, 1.54) is 6.08 Å². The van der Waals surface area contributed by atoms with Gasteiger partial charge in [0.25, 0.3) is 0 Å². The Morgan fingerprint density at radius 2 is 2.31 bits per heavy atom. The van der Waals surface area contributed by atoms with Crippen molar-refractivity contribution in [2.75, 3.05) is 7.11 Å². The normalized spacial score (nSPS) is 10.2. The van der Waals surface area contributed by atoms with Gasteiger partial charge in [-0.25, -0.2) is 0 Å². The molecular formula is C10H12N2O. The lowest BCUT2D eigenvalue weighted by Gasteiger charge is -1.99. The quantitative estimate of drug-likeness (QED) is 0.543. The van der Waals surface area contributed by atoms with E-state index in [2.05, 4.69) is 0 Å². The van der Waals surface area contributed by atoms with E-state index in [1.807, 2.05) is 24.3 Å². The number of nitrogens with two attached hydrogens (primary N) is 1. The van der Waals surface area contributed by atoms with Crippen molar-refractivity contribution >= 4 is 11.9 Å². The smallest absolute Gasteiger partial charge is 0.119 e.